The maximum Gasteiger partial charge on any atom is 0.246 e. The number of hydrogen-bond donors (Lipinski definition) is 0. The standard InChI is InChI=1S/C22H10Br2N2O/c23-11-5-7-13-16(9-11)17-10-12(24)6-8-14(17)20-19(13)25-21-15-3-1-2-4-18(15)27-22(21)26-20/h1-10H. The van der Waals surface area contributed by atoms with Crippen molar-refractivity contribution in [2.24, 2.45) is 0 Å². The zero-order valence-corrected chi connectivity index (χ0v) is 17.0. The molecule has 0 aliphatic heterocycles. The summed E-state index contributed by atoms with van der Waals surface area (Å²) < 4.78 is 8.05. The second-order valence-corrected chi connectivity index (χ2v) is 8.38. The average molecular weight is 478 g/mol. The lowest BCUT2D eigenvalue weighted by Gasteiger charge is -2.10. The molecule has 0 amide bonds. The van der Waals surface area contributed by atoms with Gasteiger partial charge >= 0.3 is 0 Å². The predicted octanol–water partition coefficient (Wildman–Crippen LogP) is 7.36. The first-order valence-corrected chi connectivity index (χ1v) is 10.1. The molecule has 128 valence electrons. The van der Waals surface area contributed by atoms with Crippen LogP contribution in [0.2, 0.25) is 0 Å². The highest BCUT2D eigenvalue weighted by molar-refractivity contribution is 9.10. The topological polar surface area (TPSA) is 38.9 Å². The van der Waals surface area contributed by atoms with Crippen molar-refractivity contribution in [3.63, 3.8) is 0 Å². The van der Waals surface area contributed by atoms with E-state index in [-0.39, 0.29) is 0 Å². The fourth-order valence-electron chi connectivity index (χ4n) is 3.79. The molecule has 0 aliphatic carbocycles. The van der Waals surface area contributed by atoms with E-state index in [0.29, 0.717) is 5.71 Å². The van der Waals surface area contributed by atoms with Crippen molar-refractivity contribution < 1.29 is 4.42 Å². The van der Waals surface area contributed by atoms with Crippen LogP contribution in [-0.2, 0) is 0 Å². The van der Waals surface area contributed by atoms with Crippen molar-refractivity contribution in [2.45, 2.75) is 0 Å². The van der Waals surface area contributed by atoms with Gasteiger partial charge < -0.3 is 4.42 Å². The quantitative estimate of drug-likeness (QED) is 0.214. The molecule has 0 bridgehead atoms. The lowest BCUT2D eigenvalue weighted by atomic mass is 9.99. The van der Waals surface area contributed by atoms with E-state index in [1.54, 1.807) is 0 Å². The smallest absolute Gasteiger partial charge is 0.246 e. The second kappa shape index (κ2) is 5.50. The Morgan fingerprint density at radius 1 is 0.593 bits per heavy atom. The highest BCUT2D eigenvalue weighted by Gasteiger charge is 2.16. The summed E-state index contributed by atoms with van der Waals surface area (Å²) in [6.45, 7) is 0. The van der Waals surface area contributed by atoms with Crippen LogP contribution in [0.25, 0.3) is 54.8 Å². The van der Waals surface area contributed by atoms with Crippen LogP contribution in [0.5, 0.6) is 0 Å². The van der Waals surface area contributed by atoms with E-state index in [4.69, 9.17) is 14.4 Å². The lowest BCUT2D eigenvalue weighted by Crippen LogP contribution is -1.90. The van der Waals surface area contributed by atoms with Crippen molar-refractivity contribution in [1.29, 1.82) is 0 Å². The van der Waals surface area contributed by atoms with E-state index in [0.717, 1.165) is 58.0 Å². The van der Waals surface area contributed by atoms with Gasteiger partial charge in [-0.05, 0) is 47.2 Å². The number of furan rings is 1. The molecule has 2 aromatic heterocycles. The van der Waals surface area contributed by atoms with Gasteiger partial charge in [-0.25, -0.2) is 9.97 Å². The highest BCUT2D eigenvalue weighted by Crippen LogP contribution is 2.38. The third-order valence-electron chi connectivity index (χ3n) is 4.98. The van der Waals surface area contributed by atoms with Gasteiger partial charge in [0.2, 0.25) is 5.71 Å². The summed E-state index contributed by atoms with van der Waals surface area (Å²) in [5.74, 6) is 0. The molecule has 0 fully saturated rings. The van der Waals surface area contributed by atoms with Crippen LogP contribution in [0.4, 0.5) is 0 Å². The van der Waals surface area contributed by atoms with Crippen molar-refractivity contribution >= 4 is 86.6 Å². The number of halogens is 2. The Bertz CT molecular complexity index is 1550. The normalized spacial score (nSPS) is 12.1. The van der Waals surface area contributed by atoms with Crippen LogP contribution >= 0.6 is 31.9 Å². The summed E-state index contributed by atoms with van der Waals surface area (Å²) in [5.41, 5.74) is 3.94. The van der Waals surface area contributed by atoms with Crippen LogP contribution in [-0.4, -0.2) is 9.97 Å². The fraction of sp³-hybridized carbons (Fsp3) is 0. The first-order valence-electron chi connectivity index (χ1n) is 8.48. The Morgan fingerprint density at radius 2 is 1.22 bits per heavy atom. The van der Waals surface area contributed by atoms with Gasteiger partial charge in [0.15, 0.2) is 0 Å². The molecular formula is C22H10Br2N2O. The summed E-state index contributed by atoms with van der Waals surface area (Å²) in [5, 5.41) is 5.42. The Kier molecular flexibility index (Phi) is 3.17. The van der Waals surface area contributed by atoms with Crippen LogP contribution < -0.4 is 0 Å². The molecule has 0 atom stereocenters. The van der Waals surface area contributed by atoms with E-state index >= 15 is 0 Å². The van der Waals surface area contributed by atoms with Crippen LogP contribution in [0, 0.1) is 0 Å². The van der Waals surface area contributed by atoms with E-state index < -0.39 is 0 Å². The Labute approximate surface area is 170 Å². The Balaban J connectivity index is 1.94. The van der Waals surface area contributed by atoms with Crippen molar-refractivity contribution in [3.8, 4) is 0 Å². The molecule has 3 nitrogen and oxygen atoms in total. The van der Waals surface area contributed by atoms with E-state index in [1.165, 1.54) is 0 Å². The van der Waals surface area contributed by atoms with Crippen molar-refractivity contribution in [1.82, 2.24) is 9.97 Å². The molecule has 0 unspecified atom stereocenters. The number of aromatic nitrogens is 2. The minimum Gasteiger partial charge on any atom is -0.436 e. The van der Waals surface area contributed by atoms with Gasteiger partial charge in [0.1, 0.15) is 16.6 Å². The van der Waals surface area contributed by atoms with E-state index in [9.17, 15) is 0 Å². The number of para-hydroxylation sites is 1. The van der Waals surface area contributed by atoms with Crippen LogP contribution in [0.15, 0.2) is 74.0 Å². The predicted molar refractivity (Wildman–Crippen MR) is 117 cm³/mol. The molecule has 0 spiro atoms. The molecule has 0 radical (unpaired) electrons. The third kappa shape index (κ3) is 2.19. The van der Waals surface area contributed by atoms with Gasteiger partial charge in [0, 0.05) is 25.1 Å². The highest BCUT2D eigenvalue weighted by atomic mass is 79.9. The summed E-state index contributed by atoms with van der Waals surface area (Å²) in [6, 6.07) is 20.5. The van der Waals surface area contributed by atoms with Crippen LogP contribution in [0.3, 0.4) is 0 Å². The minimum absolute atomic E-state index is 0.574. The van der Waals surface area contributed by atoms with Crippen molar-refractivity contribution in [2.75, 3.05) is 0 Å². The average Bonchev–Trinajstić information content (AvgIpc) is 3.04. The third-order valence-corrected chi connectivity index (χ3v) is 5.96. The first-order chi connectivity index (χ1) is 13.2. The molecule has 6 rings (SSSR count). The van der Waals surface area contributed by atoms with E-state index in [1.807, 2.05) is 36.4 Å². The van der Waals surface area contributed by atoms with Gasteiger partial charge in [-0.1, -0.05) is 56.1 Å². The molecule has 0 aliphatic rings. The van der Waals surface area contributed by atoms with Gasteiger partial charge in [0.05, 0.1) is 5.52 Å². The molecule has 6 aromatic rings. The maximum absolute atomic E-state index is 5.97. The zero-order valence-electron chi connectivity index (χ0n) is 13.8. The largest absolute Gasteiger partial charge is 0.436 e. The summed E-state index contributed by atoms with van der Waals surface area (Å²) in [6.07, 6.45) is 0. The summed E-state index contributed by atoms with van der Waals surface area (Å²) >= 11 is 7.20. The number of fused-ring (bicyclic) bond motifs is 9. The number of rotatable bonds is 0. The summed E-state index contributed by atoms with van der Waals surface area (Å²) in [4.78, 5) is 9.90. The Morgan fingerprint density at radius 3 is 1.93 bits per heavy atom. The number of hydrogen-bond acceptors (Lipinski definition) is 3. The van der Waals surface area contributed by atoms with Crippen LogP contribution in [0.1, 0.15) is 0 Å². The molecular weight excluding hydrogens is 468 g/mol. The lowest BCUT2D eigenvalue weighted by molar-refractivity contribution is 0.655. The maximum atomic E-state index is 5.97. The molecule has 5 heteroatoms. The van der Waals surface area contributed by atoms with Crippen molar-refractivity contribution in [3.05, 3.63) is 69.6 Å². The number of benzene rings is 4. The van der Waals surface area contributed by atoms with Gasteiger partial charge in [-0.3, -0.25) is 0 Å². The van der Waals surface area contributed by atoms with Gasteiger partial charge in [0.25, 0.3) is 0 Å². The molecule has 0 saturated heterocycles. The molecule has 2 heterocycles. The van der Waals surface area contributed by atoms with Gasteiger partial charge in [-0.2, -0.15) is 0 Å². The summed E-state index contributed by atoms with van der Waals surface area (Å²) in [7, 11) is 0. The second-order valence-electron chi connectivity index (χ2n) is 6.55. The first kappa shape index (κ1) is 15.5. The molecule has 27 heavy (non-hydrogen) atoms. The monoisotopic (exact) mass is 476 g/mol. The molecule has 4 aromatic carbocycles. The Hall–Kier alpha value is -2.50. The SMILES string of the molecule is Brc1ccc2c(c1)c1cc(Br)ccc1c1nc3c(nc21)oc1ccccc13. The van der Waals surface area contributed by atoms with Gasteiger partial charge in [-0.15, -0.1) is 0 Å². The van der Waals surface area contributed by atoms with E-state index in [2.05, 4.69) is 56.1 Å². The minimum atomic E-state index is 0.574. The number of nitrogens with zero attached hydrogens (tertiary/aromatic N) is 2. The molecule has 0 saturated carbocycles. The zero-order chi connectivity index (χ0) is 18.1. The molecule has 0 N–H and O–H groups in total. The fourth-order valence-corrected chi connectivity index (χ4v) is 4.51.